The molecule has 1 rings (SSSR count). The summed E-state index contributed by atoms with van der Waals surface area (Å²) in [5.74, 6) is -0.480. The Hall–Kier alpha value is -1.32. The largest absolute Gasteiger partial charge is 0.478 e. The summed E-state index contributed by atoms with van der Waals surface area (Å²) >= 11 is 0. The van der Waals surface area contributed by atoms with Crippen molar-refractivity contribution in [2.45, 2.75) is 19.3 Å². The predicted octanol–water partition coefficient (Wildman–Crippen LogP) is 0.994. The van der Waals surface area contributed by atoms with Crippen molar-refractivity contribution in [3.05, 3.63) is 11.8 Å². The van der Waals surface area contributed by atoms with Gasteiger partial charge in [-0.25, -0.2) is 4.79 Å². The van der Waals surface area contributed by atoms with Crippen LogP contribution in [0.2, 0.25) is 0 Å². The molecule has 1 saturated carbocycles. The van der Waals surface area contributed by atoms with Gasteiger partial charge >= 0.3 is 5.97 Å². The van der Waals surface area contributed by atoms with E-state index in [1.54, 1.807) is 7.05 Å². The van der Waals surface area contributed by atoms with Crippen molar-refractivity contribution >= 4 is 11.7 Å². The molecule has 0 radical (unpaired) electrons. The van der Waals surface area contributed by atoms with E-state index < -0.39 is 5.97 Å². The molecule has 1 fully saturated rings. The van der Waals surface area contributed by atoms with Crippen molar-refractivity contribution in [3.63, 3.8) is 0 Å². The summed E-state index contributed by atoms with van der Waals surface area (Å²) in [6.45, 7) is 0. The molecule has 1 aliphatic rings. The van der Waals surface area contributed by atoms with Crippen LogP contribution < -0.4 is 5.32 Å². The second kappa shape index (κ2) is 4.07. The van der Waals surface area contributed by atoms with Gasteiger partial charge in [0.2, 0.25) is 0 Å². The van der Waals surface area contributed by atoms with Crippen LogP contribution in [-0.2, 0) is 4.79 Å². The second-order valence-electron chi connectivity index (χ2n) is 3.28. The monoisotopic (exact) mass is 182 g/mol. The molecule has 0 bridgehead atoms. The molecule has 0 aromatic carbocycles. The lowest BCUT2D eigenvalue weighted by atomic mass is 10.1. The molecule has 0 aromatic rings. The number of hydrogen-bond acceptors (Lipinski definition) is 3. The summed E-state index contributed by atoms with van der Waals surface area (Å²) in [6.07, 6.45) is 4.23. The highest BCUT2D eigenvalue weighted by atomic mass is 16.4. The number of carboxylic acid groups (broad SMARTS) is 1. The van der Waals surface area contributed by atoms with Gasteiger partial charge in [-0.2, -0.15) is 0 Å². The van der Waals surface area contributed by atoms with Crippen molar-refractivity contribution < 1.29 is 9.90 Å². The Labute approximate surface area is 77.2 Å². The molecule has 1 aliphatic carbocycles. The van der Waals surface area contributed by atoms with Crippen LogP contribution in [0.3, 0.4) is 0 Å². The third kappa shape index (κ3) is 2.89. The van der Waals surface area contributed by atoms with Crippen LogP contribution in [-0.4, -0.2) is 23.8 Å². The van der Waals surface area contributed by atoms with Crippen LogP contribution in [0, 0.1) is 11.3 Å². The Bertz CT molecular complexity index is 254. The maximum atomic E-state index is 10.7. The van der Waals surface area contributed by atoms with Crippen LogP contribution in [0.25, 0.3) is 0 Å². The van der Waals surface area contributed by atoms with E-state index in [0.717, 1.165) is 12.8 Å². The molecule has 0 saturated heterocycles. The highest BCUT2D eigenvalue weighted by Crippen LogP contribution is 2.33. The normalized spacial score (nSPS) is 16.8. The minimum atomic E-state index is -1.03. The zero-order chi connectivity index (χ0) is 9.84. The Morgan fingerprint density at radius 1 is 1.69 bits per heavy atom. The molecule has 0 aliphatic heterocycles. The second-order valence-corrected chi connectivity index (χ2v) is 3.28. The fourth-order valence-electron chi connectivity index (χ4n) is 1.14. The Kier molecular flexibility index (Phi) is 3.06. The molecule has 4 heteroatoms. The van der Waals surface area contributed by atoms with Crippen molar-refractivity contribution in [3.8, 4) is 0 Å². The summed E-state index contributed by atoms with van der Waals surface area (Å²) in [5, 5.41) is 19.0. The van der Waals surface area contributed by atoms with Gasteiger partial charge in [-0.1, -0.05) is 0 Å². The summed E-state index contributed by atoms with van der Waals surface area (Å²) in [7, 11) is 1.63. The lowest BCUT2D eigenvalue weighted by Crippen LogP contribution is -2.15. The number of carbonyl (C=O) groups is 1. The lowest BCUT2D eigenvalue weighted by molar-refractivity contribution is -0.132. The molecule has 0 spiro atoms. The molecule has 4 nitrogen and oxygen atoms in total. The minimum Gasteiger partial charge on any atom is -0.478 e. The molecule has 3 N–H and O–H groups in total. The van der Waals surface area contributed by atoms with Crippen molar-refractivity contribution in [2.75, 3.05) is 7.05 Å². The van der Waals surface area contributed by atoms with Gasteiger partial charge < -0.3 is 15.8 Å². The van der Waals surface area contributed by atoms with Gasteiger partial charge in [0.1, 0.15) is 0 Å². The van der Waals surface area contributed by atoms with Crippen molar-refractivity contribution in [1.29, 1.82) is 5.41 Å². The molecule has 0 atom stereocenters. The minimum absolute atomic E-state index is 0.0781. The van der Waals surface area contributed by atoms with E-state index in [1.807, 2.05) is 0 Å². The number of nitrogens with one attached hydrogen (secondary N) is 2. The predicted molar refractivity (Wildman–Crippen MR) is 49.8 cm³/mol. The number of carboxylic acids is 1. The zero-order valence-corrected chi connectivity index (χ0v) is 7.63. The number of rotatable bonds is 5. The lowest BCUT2D eigenvalue weighted by Gasteiger charge is -2.03. The van der Waals surface area contributed by atoms with E-state index in [1.165, 1.54) is 6.20 Å². The highest BCUT2D eigenvalue weighted by Gasteiger charge is 2.25. The highest BCUT2D eigenvalue weighted by molar-refractivity contribution is 6.17. The SMILES string of the molecule is CN/C=C(\C(=N)CC1CC1)C(=O)O. The van der Waals surface area contributed by atoms with E-state index in [4.69, 9.17) is 10.5 Å². The van der Waals surface area contributed by atoms with Crippen LogP contribution in [0.5, 0.6) is 0 Å². The molecule has 72 valence electrons. The van der Waals surface area contributed by atoms with Gasteiger partial charge in [0.05, 0.1) is 5.57 Å². The molecular weight excluding hydrogens is 168 g/mol. The van der Waals surface area contributed by atoms with E-state index in [0.29, 0.717) is 12.3 Å². The van der Waals surface area contributed by atoms with E-state index in [9.17, 15) is 4.79 Å². The third-order valence-electron chi connectivity index (χ3n) is 2.03. The maximum Gasteiger partial charge on any atom is 0.339 e. The first-order valence-corrected chi connectivity index (χ1v) is 4.33. The van der Waals surface area contributed by atoms with Gasteiger partial charge in [-0.15, -0.1) is 0 Å². The number of hydrogen-bond donors (Lipinski definition) is 3. The van der Waals surface area contributed by atoms with Crippen LogP contribution in [0.4, 0.5) is 0 Å². The fraction of sp³-hybridized carbons (Fsp3) is 0.556. The van der Waals surface area contributed by atoms with Gasteiger partial charge in [0.15, 0.2) is 0 Å². The first kappa shape index (κ1) is 9.77. The Balaban J connectivity index is 2.57. The summed E-state index contributed by atoms with van der Waals surface area (Å²) in [6, 6.07) is 0. The molecule has 0 unspecified atom stereocenters. The quantitative estimate of drug-likeness (QED) is 0.438. The molecule has 0 amide bonds. The molecule has 0 heterocycles. The molecule has 13 heavy (non-hydrogen) atoms. The fourth-order valence-corrected chi connectivity index (χ4v) is 1.14. The summed E-state index contributed by atoms with van der Waals surface area (Å²) in [4.78, 5) is 10.7. The van der Waals surface area contributed by atoms with Crippen molar-refractivity contribution in [2.24, 2.45) is 5.92 Å². The molecular formula is C9H14N2O2. The van der Waals surface area contributed by atoms with Crippen LogP contribution in [0.1, 0.15) is 19.3 Å². The van der Waals surface area contributed by atoms with Gasteiger partial charge in [-0.05, 0) is 25.2 Å². The maximum absolute atomic E-state index is 10.7. The van der Waals surface area contributed by atoms with Crippen LogP contribution in [0.15, 0.2) is 11.8 Å². The van der Waals surface area contributed by atoms with Gasteiger partial charge in [-0.3, -0.25) is 0 Å². The average Bonchev–Trinajstić information content (AvgIpc) is 2.83. The van der Waals surface area contributed by atoms with Crippen LogP contribution >= 0.6 is 0 Å². The van der Waals surface area contributed by atoms with Gasteiger partial charge in [0.25, 0.3) is 0 Å². The first-order valence-electron chi connectivity index (χ1n) is 4.33. The first-order chi connectivity index (χ1) is 6.15. The Morgan fingerprint density at radius 2 is 2.31 bits per heavy atom. The summed E-state index contributed by atoms with van der Waals surface area (Å²) in [5.41, 5.74) is 0.304. The third-order valence-corrected chi connectivity index (χ3v) is 2.03. The number of aliphatic carboxylic acids is 1. The molecule has 0 aromatic heterocycles. The Morgan fingerprint density at radius 3 is 2.69 bits per heavy atom. The van der Waals surface area contributed by atoms with E-state index in [2.05, 4.69) is 5.32 Å². The van der Waals surface area contributed by atoms with Gasteiger partial charge in [0, 0.05) is 19.0 Å². The van der Waals surface area contributed by atoms with Crippen molar-refractivity contribution in [1.82, 2.24) is 5.32 Å². The topological polar surface area (TPSA) is 73.2 Å². The smallest absolute Gasteiger partial charge is 0.339 e. The standard InChI is InChI=1S/C9H14N2O2/c1-11-5-7(9(12)13)8(10)4-6-2-3-6/h5-6,10-11H,2-4H2,1H3,(H,12,13)/b7-5+,10-8?. The van der Waals surface area contributed by atoms with E-state index in [-0.39, 0.29) is 11.3 Å². The summed E-state index contributed by atoms with van der Waals surface area (Å²) < 4.78 is 0. The zero-order valence-electron chi connectivity index (χ0n) is 7.63. The average molecular weight is 182 g/mol. The van der Waals surface area contributed by atoms with E-state index >= 15 is 0 Å².